The Balaban J connectivity index is 3.58. The van der Waals surface area contributed by atoms with E-state index in [1.165, 1.54) is 12.8 Å². The second-order valence-corrected chi connectivity index (χ2v) is 3.94. The number of rotatable bonds is 8. The van der Waals surface area contributed by atoms with E-state index in [9.17, 15) is 5.11 Å². The summed E-state index contributed by atoms with van der Waals surface area (Å²) < 4.78 is 0. The first-order chi connectivity index (χ1) is 6.70. The molecule has 1 heteroatoms. The van der Waals surface area contributed by atoms with Crippen molar-refractivity contribution >= 4 is 0 Å². The number of aliphatic hydroxyl groups is 1. The molecule has 0 aromatic carbocycles. The van der Waals surface area contributed by atoms with Gasteiger partial charge >= 0.3 is 0 Å². The van der Waals surface area contributed by atoms with E-state index in [0.29, 0.717) is 5.92 Å². The summed E-state index contributed by atoms with van der Waals surface area (Å²) >= 11 is 0. The Morgan fingerprint density at radius 2 is 2.00 bits per heavy atom. The van der Waals surface area contributed by atoms with E-state index in [1.54, 1.807) is 0 Å². The van der Waals surface area contributed by atoms with Crippen molar-refractivity contribution < 1.29 is 5.11 Å². The van der Waals surface area contributed by atoms with Crippen LogP contribution in [-0.4, -0.2) is 11.2 Å². The maximum atomic E-state index is 9.47. The molecule has 0 fully saturated rings. The van der Waals surface area contributed by atoms with Crippen molar-refractivity contribution in [1.82, 2.24) is 0 Å². The van der Waals surface area contributed by atoms with Crippen molar-refractivity contribution in [3.8, 4) is 0 Å². The summed E-state index contributed by atoms with van der Waals surface area (Å²) in [7, 11) is 0. The topological polar surface area (TPSA) is 20.2 Å². The van der Waals surface area contributed by atoms with Gasteiger partial charge in [-0.15, -0.1) is 6.58 Å². The molecular formula is C13H24O. The van der Waals surface area contributed by atoms with Crippen LogP contribution in [0.1, 0.15) is 46.0 Å². The van der Waals surface area contributed by atoms with Gasteiger partial charge in [0.05, 0.1) is 6.10 Å². The predicted octanol–water partition coefficient (Wildman–Crippen LogP) is 3.70. The Labute approximate surface area is 88.5 Å². The molecule has 0 amide bonds. The van der Waals surface area contributed by atoms with E-state index >= 15 is 0 Å². The van der Waals surface area contributed by atoms with Crippen LogP contribution in [0.15, 0.2) is 24.8 Å². The van der Waals surface area contributed by atoms with Gasteiger partial charge in [0.15, 0.2) is 0 Å². The molecule has 2 unspecified atom stereocenters. The van der Waals surface area contributed by atoms with E-state index in [2.05, 4.69) is 26.5 Å². The number of unbranched alkanes of at least 4 members (excludes halogenated alkanes) is 1. The molecule has 0 aliphatic rings. The number of aliphatic hydroxyl groups excluding tert-OH is 1. The Kier molecular flexibility index (Phi) is 8.65. The van der Waals surface area contributed by atoms with Gasteiger partial charge in [0.25, 0.3) is 0 Å². The van der Waals surface area contributed by atoms with Gasteiger partial charge in [-0.1, -0.05) is 38.5 Å². The molecule has 0 saturated heterocycles. The second-order valence-electron chi connectivity index (χ2n) is 3.94. The molecular weight excluding hydrogens is 172 g/mol. The second kappa shape index (κ2) is 9.01. The maximum absolute atomic E-state index is 9.47. The lowest BCUT2D eigenvalue weighted by Crippen LogP contribution is -2.01. The van der Waals surface area contributed by atoms with Crippen molar-refractivity contribution in [1.29, 1.82) is 0 Å². The molecule has 0 aromatic rings. The van der Waals surface area contributed by atoms with E-state index in [-0.39, 0.29) is 6.10 Å². The van der Waals surface area contributed by atoms with Gasteiger partial charge in [0, 0.05) is 0 Å². The third-order valence-electron chi connectivity index (χ3n) is 2.31. The monoisotopic (exact) mass is 196 g/mol. The van der Waals surface area contributed by atoms with Gasteiger partial charge in [-0.2, -0.15) is 0 Å². The largest absolute Gasteiger partial charge is 0.389 e. The van der Waals surface area contributed by atoms with Crippen LogP contribution in [0.4, 0.5) is 0 Å². The molecule has 0 bridgehead atoms. The van der Waals surface area contributed by atoms with Crippen LogP contribution in [-0.2, 0) is 0 Å². The van der Waals surface area contributed by atoms with Gasteiger partial charge in [-0.25, -0.2) is 0 Å². The Bertz CT molecular complexity index is 161. The molecule has 14 heavy (non-hydrogen) atoms. The number of hydrogen-bond donors (Lipinski definition) is 1. The summed E-state index contributed by atoms with van der Waals surface area (Å²) in [6, 6.07) is 0. The van der Waals surface area contributed by atoms with Gasteiger partial charge in [0.1, 0.15) is 0 Å². The van der Waals surface area contributed by atoms with Gasteiger partial charge in [-0.3, -0.25) is 0 Å². The number of allylic oxidation sites excluding steroid dienone is 2. The predicted molar refractivity (Wildman–Crippen MR) is 63.3 cm³/mol. The molecule has 0 saturated carbocycles. The highest BCUT2D eigenvalue weighted by Crippen LogP contribution is 2.10. The minimum absolute atomic E-state index is 0.248. The lowest BCUT2D eigenvalue weighted by molar-refractivity contribution is 0.211. The van der Waals surface area contributed by atoms with Crippen molar-refractivity contribution in [2.45, 2.75) is 52.1 Å². The Morgan fingerprint density at radius 3 is 2.57 bits per heavy atom. The minimum Gasteiger partial charge on any atom is -0.389 e. The van der Waals surface area contributed by atoms with E-state index < -0.39 is 0 Å². The first-order valence-electron chi connectivity index (χ1n) is 5.68. The molecule has 0 radical (unpaired) electrons. The highest BCUT2D eigenvalue weighted by molar-refractivity contribution is 4.91. The minimum atomic E-state index is -0.248. The van der Waals surface area contributed by atoms with Crippen LogP contribution < -0.4 is 0 Å². The average molecular weight is 196 g/mol. The maximum Gasteiger partial charge on any atom is 0.0720 e. The van der Waals surface area contributed by atoms with Crippen LogP contribution in [0.5, 0.6) is 0 Å². The fraction of sp³-hybridized carbons (Fsp3) is 0.692. The lowest BCUT2D eigenvalue weighted by Gasteiger charge is -2.06. The molecule has 0 aromatic heterocycles. The average Bonchev–Trinajstić information content (AvgIpc) is 2.16. The Morgan fingerprint density at radius 1 is 1.29 bits per heavy atom. The van der Waals surface area contributed by atoms with E-state index in [4.69, 9.17) is 0 Å². The van der Waals surface area contributed by atoms with Crippen LogP contribution >= 0.6 is 0 Å². The van der Waals surface area contributed by atoms with E-state index in [0.717, 1.165) is 19.3 Å². The summed E-state index contributed by atoms with van der Waals surface area (Å²) in [6.45, 7) is 7.98. The molecule has 1 N–H and O–H groups in total. The van der Waals surface area contributed by atoms with Crippen LogP contribution in [0, 0.1) is 5.92 Å². The van der Waals surface area contributed by atoms with Crippen molar-refractivity contribution in [3.05, 3.63) is 24.8 Å². The van der Waals surface area contributed by atoms with Gasteiger partial charge < -0.3 is 5.11 Å². The summed E-state index contributed by atoms with van der Waals surface area (Å²) in [5.41, 5.74) is 0. The van der Waals surface area contributed by atoms with Crippen molar-refractivity contribution in [2.24, 2.45) is 5.92 Å². The fourth-order valence-electron chi connectivity index (χ4n) is 1.39. The third-order valence-corrected chi connectivity index (χ3v) is 2.31. The molecule has 0 rings (SSSR count). The summed E-state index contributed by atoms with van der Waals surface area (Å²) in [5, 5.41) is 9.47. The number of hydrogen-bond acceptors (Lipinski definition) is 1. The lowest BCUT2D eigenvalue weighted by atomic mass is 10.0. The Hall–Kier alpha value is -0.560. The molecule has 0 aliphatic heterocycles. The molecule has 0 spiro atoms. The zero-order valence-electron chi connectivity index (χ0n) is 9.58. The SMILES string of the molecule is C=CCCCC(C)C=CC(O)CCC. The van der Waals surface area contributed by atoms with Gasteiger partial charge in [0.2, 0.25) is 0 Å². The molecule has 0 heterocycles. The fourth-order valence-corrected chi connectivity index (χ4v) is 1.39. The quantitative estimate of drug-likeness (QED) is 0.463. The van der Waals surface area contributed by atoms with Crippen LogP contribution in [0.2, 0.25) is 0 Å². The van der Waals surface area contributed by atoms with Crippen LogP contribution in [0.3, 0.4) is 0 Å². The molecule has 1 nitrogen and oxygen atoms in total. The molecule has 0 aliphatic carbocycles. The van der Waals surface area contributed by atoms with Crippen molar-refractivity contribution in [3.63, 3.8) is 0 Å². The first kappa shape index (κ1) is 13.4. The summed E-state index contributed by atoms with van der Waals surface area (Å²) in [5.74, 6) is 0.571. The highest BCUT2D eigenvalue weighted by atomic mass is 16.3. The summed E-state index contributed by atoms with van der Waals surface area (Å²) in [6.07, 6.45) is 11.2. The van der Waals surface area contributed by atoms with E-state index in [1.807, 2.05) is 12.2 Å². The normalized spacial score (nSPS) is 15.6. The smallest absolute Gasteiger partial charge is 0.0720 e. The zero-order chi connectivity index (χ0) is 10.8. The summed E-state index contributed by atoms with van der Waals surface area (Å²) in [4.78, 5) is 0. The molecule has 82 valence electrons. The van der Waals surface area contributed by atoms with Gasteiger partial charge in [-0.05, 0) is 31.6 Å². The first-order valence-corrected chi connectivity index (χ1v) is 5.68. The standard InChI is InChI=1S/C13H24O/c1-4-6-7-9-12(3)10-11-13(14)8-5-2/h4,10-14H,1,5-9H2,2-3H3. The third kappa shape index (κ3) is 8.06. The van der Waals surface area contributed by atoms with Crippen LogP contribution in [0.25, 0.3) is 0 Å². The zero-order valence-corrected chi connectivity index (χ0v) is 9.58. The highest BCUT2D eigenvalue weighted by Gasteiger charge is 1.99. The molecule has 2 atom stereocenters. The van der Waals surface area contributed by atoms with Crippen molar-refractivity contribution in [2.75, 3.05) is 0 Å².